The van der Waals surface area contributed by atoms with Crippen LogP contribution in [0.15, 0.2) is 42.5 Å². The van der Waals surface area contributed by atoms with Gasteiger partial charge in [-0.1, -0.05) is 29.8 Å². The lowest BCUT2D eigenvalue weighted by molar-refractivity contribution is 0.0951. The van der Waals surface area contributed by atoms with Gasteiger partial charge in [0.25, 0.3) is 5.91 Å². The maximum absolute atomic E-state index is 12.4. The lowest BCUT2D eigenvalue weighted by Crippen LogP contribution is -2.34. The molecule has 0 fully saturated rings. The number of carbonyl (C=O) groups is 1. The van der Waals surface area contributed by atoms with Gasteiger partial charge in [0.2, 0.25) is 10.0 Å². The van der Waals surface area contributed by atoms with Gasteiger partial charge in [-0.3, -0.25) is 9.10 Å². The zero-order valence-electron chi connectivity index (χ0n) is 14.6. The third-order valence-corrected chi connectivity index (χ3v) is 5.70. The molecule has 1 N–H and O–H groups in total. The largest absolute Gasteiger partial charge is 0.348 e. The van der Waals surface area contributed by atoms with Gasteiger partial charge in [-0.2, -0.15) is 0 Å². The normalized spacial score (nSPS) is 16.6. The minimum atomic E-state index is -3.32. The van der Waals surface area contributed by atoms with Crippen molar-refractivity contribution in [1.82, 2.24) is 5.32 Å². The van der Waals surface area contributed by atoms with Gasteiger partial charge in [0.05, 0.1) is 11.9 Å². The standard InChI is InChI=1S/C19H22N2O3S/c1-13-4-6-15(7-5-13)12-20-19(22)16-8-9-18-17(11-16)10-14(2)21(18)25(3,23)24/h4-9,11,14H,10,12H2,1-3H3,(H,20,22)/t14-/m1/s1. The number of sulfonamides is 1. The lowest BCUT2D eigenvalue weighted by atomic mass is 10.1. The molecule has 0 aromatic heterocycles. The molecule has 3 rings (SSSR count). The van der Waals surface area contributed by atoms with Crippen molar-refractivity contribution in [2.75, 3.05) is 10.6 Å². The van der Waals surface area contributed by atoms with Crippen molar-refractivity contribution in [2.45, 2.75) is 32.9 Å². The molecular weight excluding hydrogens is 336 g/mol. The van der Waals surface area contributed by atoms with Crippen LogP contribution < -0.4 is 9.62 Å². The number of anilines is 1. The molecule has 0 saturated carbocycles. The summed E-state index contributed by atoms with van der Waals surface area (Å²) >= 11 is 0. The quantitative estimate of drug-likeness (QED) is 0.914. The van der Waals surface area contributed by atoms with Gasteiger partial charge >= 0.3 is 0 Å². The summed E-state index contributed by atoms with van der Waals surface area (Å²) in [6.45, 7) is 4.36. The molecule has 25 heavy (non-hydrogen) atoms. The number of hydrogen-bond acceptors (Lipinski definition) is 3. The maximum atomic E-state index is 12.4. The topological polar surface area (TPSA) is 66.5 Å². The van der Waals surface area contributed by atoms with Crippen molar-refractivity contribution in [3.63, 3.8) is 0 Å². The van der Waals surface area contributed by atoms with Crippen molar-refractivity contribution in [3.05, 3.63) is 64.7 Å². The second kappa shape index (κ2) is 6.52. The molecule has 0 spiro atoms. The smallest absolute Gasteiger partial charge is 0.251 e. The highest BCUT2D eigenvalue weighted by Gasteiger charge is 2.32. The van der Waals surface area contributed by atoms with Crippen LogP contribution in [0.5, 0.6) is 0 Å². The minimum Gasteiger partial charge on any atom is -0.348 e. The highest BCUT2D eigenvalue weighted by molar-refractivity contribution is 7.92. The first-order chi connectivity index (χ1) is 11.8. The van der Waals surface area contributed by atoms with E-state index in [0.717, 1.165) is 11.1 Å². The first kappa shape index (κ1) is 17.5. The zero-order valence-corrected chi connectivity index (χ0v) is 15.4. The van der Waals surface area contributed by atoms with Crippen LogP contribution in [-0.4, -0.2) is 26.6 Å². The van der Waals surface area contributed by atoms with E-state index in [4.69, 9.17) is 0 Å². The van der Waals surface area contributed by atoms with E-state index in [0.29, 0.717) is 24.2 Å². The summed E-state index contributed by atoms with van der Waals surface area (Å²) < 4.78 is 25.3. The molecule has 0 aliphatic carbocycles. The number of fused-ring (bicyclic) bond motifs is 1. The van der Waals surface area contributed by atoms with Crippen molar-refractivity contribution in [3.8, 4) is 0 Å². The van der Waals surface area contributed by atoms with Gasteiger partial charge in [0, 0.05) is 18.2 Å². The van der Waals surface area contributed by atoms with Gasteiger partial charge in [0.1, 0.15) is 0 Å². The Balaban J connectivity index is 1.75. The van der Waals surface area contributed by atoms with Crippen LogP contribution in [0, 0.1) is 6.92 Å². The molecule has 1 amide bonds. The number of benzene rings is 2. The molecule has 1 heterocycles. The van der Waals surface area contributed by atoms with Gasteiger partial charge in [-0.25, -0.2) is 8.42 Å². The Kier molecular flexibility index (Phi) is 4.56. The second-order valence-corrected chi connectivity index (χ2v) is 8.48. The first-order valence-corrected chi connectivity index (χ1v) is 10.1. The molecule has 1 aliphatic heterocycles. The Morgan fingerprint density at radius 1 is 1.20 bits per heavy atom. The summed E-state index contributed by atoms with van der Waals surface area (Å²) in [7, 11) is -3.32. The van der Waals surface area contributed by atoms with Gasteiger partial charge in [-0.15, -0.1) is 0 Å². The van der Waals surface area contributed by atoms with Crippen molar-refractivity contribution in [2.24, 2.45) is 0 Å². The minimum absolute atomic E-state index is 0.129. The summed E-state index contributed by atoms with van der Waals surface area (Å²) in [6, 6.07) is 13.1. The molecule has 1 aliphatic rings. The van der Waals surface area contributed by atoms with Crippen LogP contribution in [0.4, 0.5) is 5.69 Å². The van der Waals surface area contributed by atoms with E-state index in [1.165, 1.54) is 16.1 Å². The fourth-order valence-electron chi connectivity index (χ4n) is 3.24. The van der Waals surface area contributed by atoms with E-state index in [1.54, 1.807) is 18.2 Å². The van der Waals surface area contributed by atoms with Gasteiger partial charge < -0.3 is 5.32 Å². The predicted molar refractivity (Wildman–Crippen MR) is 99.3 cm³/mol. The number of nitrogens with one attached hydrogen (secondary N) is 1. The van der Waals surface area contributed by atoms with E-state index < -0.39 is 10.0 Å². The number of nitrogens with zero attached hydrogens (tertiary/aromatic N) is 1. The Labute approximate surface area is 148 Å². The van der Waals surface area contributed by atoms with E-state index in [1.807, 2.05) is 38.1 Å². The first-order valence-electron chi connectivity index (χ1n) is 8.22. The molecule has 0 radical (unpaired) electrons. The monoisotopic (exact) mass is 358 g/mol. The number of rotatable bonds is 4. The molecule has 132 valence electrons. The number of carbonyl (C=O) groups excluding carboxylic acids is 1. The van der Waals surface area contributed by atoms with E-state index in [2.05, 4.69) is 5.32 Å². The molecule has 2 aromatic rings. The number of hydrogen-bond donors (Lipinski definition) is 1. The summed E-state index contributed by atoms with van der Waals surface area (Å²) in [5, 5.41) is 2.91. The summed E-state index contributed by atoms with van der Waals surface area (Å²) in [5.74, 6) is -0.158. The molecular formula is C19H22N2O3S. The van der Waals surface area contributed by atoms with Crippen LogP contribution in [0.2, 0.25) is 0 Å². The van der Waals surface area contributed by atoms with Crippen molar-refractivity contribution < 1.29 is 13.2 Å². The predicted octanol–water partition coefficient (Wildman–Crippen LogP) is 2.64. The van der Waals surface area contributed by atoms with Crippen molar-refractivity contribution in [1.29, 1.82) is 0 Å². The molecule has 0 unspecified atom stereocenters. The molecule has 0 saturated heterocycles. The highest BCUT2D eigenvalue weighted by Crippen LogP contribution is 2.34. The van der Waals surface area contributed by atoms with E-state index in [9.17, 15) is 13.2 Å². The van der Waals surface area contributed by atoms with Crippen LogP contribution >= 0.6 is 0 Å². The third-order valence-electron chi connectivity index (χ3n) is 4.43. The van der Waals surface area contributed by atoms with E-state index in [-0.39, 0.29) is 11.9 Å². The van der Waals surface area contributed by atoms with Crippen LogP contribution in [-0.2, 0) is 23.0 Å². The van der Waals surface area contributed by atoms with Crippen LogP contribution in [0.1, 0.15) is 34.0 Å². The SMILES string of the molecule is Cc1ccc(CNC(=O)c2ccc3c(c2)C[C@@H](C)N3S(C)(=O)=O)cc1. The average Bonchev–Trinajstić information content (AvgIpc) is 2.88. The van der Waals surface area contributed by atoms with E-state index >= 15 is 0 Å². The molecule has 6 heteroatoms. The fraction of sp³-hybridized carbons (Fsp3) is 0.316. The molecule has 1 atom stereocenters. The van der Waals surface area contributed by atoms with Crippen molar-refractivity contribution >= 4 is 21.6 Å². The Hall–Kier alpha value is -2.34. The summed E-state index contributed by atoms with van der Waals surface area (Å²) in [6.07, 6.45) is 1.82. The maximum Gasteiger partial charge on any atom is 0.251 e. The zero-order chi connectivity index (χ0) is 18.2. The lowest BCUT2D eigenvalue weighted by Gasteiger charge is -2.21. The summed E-state index contributed by atoms with van der Waals surface area (Å²) in [4.78, 5) is 12.4. The van der Waals surface area contributed by atoms with Gasteiger partial charge in [0.15, 0.2) is 0 Å². The highest BCUT2D eigenvalue weighted by atomic mass is 32.2. The van der Waals surface area contributed by atoms with Crippen LogP contribution in [0.25, 0.3) is 0 Å². The Bertz CT molecular complexity index is 905. The molecule has 2 aromatic carbocycles. The number of aryl methyl sites for hydroxylation is 1. The van der Waals surface area contributed by atoms with Crippen LogP contribution in [0.3, 0.4) is 0 Å². The Morgan fingerprint density at radius 2 is 1.88 bits per heavy atom. The average molecular weight is 358 g/mol. The summed E-state index contributed by atoms with van der Waals surface area (Å²) in [5.41, 5.74) is 4.33. The molecule has 5 nitrogen and oxygen atoms in total. The molecule has 0 bridgehead atoms. The van der Waals surface area contributed by atoms with Gasteiger partial charge in [-0.05, 0) is 49.6 Å². The third kappa shape index (κ3) is 3.69. The fourth-order valence-corrected chi connectivity index (χ4v) is 4.50. The Morgan fingerprint density at radius 3 is 2.52 bits per heavy atom. The second-order valence-electron chi connectivity index (χ2n) is 6.62. The number of amides is 1.